The van der Waals surface area contributed by atoms with Crippen molar-refractivity contribution in [2.45, 2.75) is 33.2 Å². The SMILES string of the molecule is COc1cc(CNCC2(C(C)C)CC2)ccc1C#N. The lowest BCUT2D eigenvalue weighted by Gasteiger charge is -2.20. The number of methoxy groups -OCH3 is 1. The Labute approximate surface area is 115 Å². The average molecular weight is 258 g/mol. The molecule has 1 aliphatic rings. The van der Waals surface area contributed by atoms with Crippen LogP contribution in [0.3, 0.4) is 0 Å². The summed E-state index contributed by atoms with van der Waals surface area (Å²) in [6, 6.07) is 7.89. The van der Waals surface area contributed by atoms with E-state index in [1.165, 1.54) is 12.8 Å². The van der Waals surface area contributed by atoms with Gasteiger partial charge >= 0.3 is 0 Å². The molecule has 1 aromatic carbocycles. The van der Waals surface area contributed by atoms with Gasteiger partial charge in [-0.1, -0.05) is 19.9 Å². The maximum absolute atomic E-state index is 8.95. The van der Waals surface area contributed by atoms with Crippen LogP contribution in [0.25, 0.3) is 0 Å². The van der Waals surface area contributed by atoms with Crippen LogP contribution in [0.1, 0.15) is 37.8 Å². The van der Waals surface area contributed by atoms with Crippen molar-refractivity contribution in [1.82, 2.24) is 5.32 Å². The number of benzene rings is 1. The Balaban J connectivity index is 1.92. The molecule has 0 aliphatic heterocycles. The van der Waals surface area contributed by atoms with E-state index in [9.17, 15) is 0 Å². The molecule has 1 saturated carbocycles. The van der Waals surface area contributed by atoms with Gasteiger partial charge in [-0.05, 0) is 41.9 Å². The average Bonchev–Trinajstić information content (AvgIpc) is 3.19. The van der Waals surface area contributed by atoms with Gasteiger partial charge in [0.2, 0.25) is 0 Å². The van der Waals surface area contributed by atoms with Gasteiger partial charge in [-0.25, -0.2) is 0 Å². The highest BCUT2D eigenvalue weighted by Gasteiger charge is 2.44. The molecule has 0 bridgehead atoms. The van der Waals surface area contributed by atoms with Crippen LogP contribution in [-0.2, 0) is 6.54 Å². The number of nitriles is 1. The second kappa shape index (κ2) is 5.63. The number of hydrogen-bond donors (Lipinski definition) is 1. The molecular weight excluding hydrogens is 236 g/mol. The minimum absolute atomic E-state index is 0.524. The Morgan fingerprint density at radius 3 is 2.68 bits per heavy atom. The van der Waals surface area contributed by atoms with Crippen molar-refractivity contribution >= 4 is 0 Å². The minimum Gasteiger partial charge on any atom is -0.495 e. The van der Waals surface area contributed by atoms with Crippen LogP contribution >= 0.6 is 0 Å². The van der Waals surface area contributed by atoms with Crippen LogP contribution in [-0.4, -0.2) is 13.7 Å². The first kappa shape index (κ1) is 13.9. The molecule has 2 rings (SSSR count). The second-order valence-electron chi connectivity index (χ2n) is 5.77. The first-order valence-corrected chi connectivity index (χ1v) is 6.89. The predicted molar refractivity (Wildman–Crippen MR) is 75.9 cm³/mol. The molecule has 1 aromatic rings. The molecule has 102 valence electrons. The molecule has 0 spiro atoms. The maximum Gasteiger partial charge on any atom is 0.136 e. The lowest BCUT2D eigenvalue weighted by Crippen LogP contribution is -2.27. The van der Waals surface area contributed by atoms with Gasteiger partial charge in [0.15, 0.2) is 0 Å². The van der Waals surface area contributed by atoms with E-state index in [1.807, 2.05) is 18.2 Å². The van der Waals surface area contributed by atoms with E-state index < -0.39 is 0 Å². The molecule has 19 heavy (non-hydrogen) atoms. The van der Waals surface area contributed by atoms with Crippen molar-refractivity contribution in [3.8, 4) is 11.8 Å². The monoisotopic (exact) mass is 258 g/mol. The molecule has 0 heterocycles. The maximum atomic E-state index is 8.95. The standard InChI is InChI=1S/C16H22N2O/c1-12(2)16(6-7-16)11-18-10-13-4-5-14(9-17)15(8-13)19-3/h4-5,8,12,18H,6-7,10-11H2,1-3H3. The third kappa shape index (κ3) is 3.08. The van der Waals surface area contributed by atoms with Crippen LogP contribution in [0.15, 0.2) is 18.2 Å². The fourth-order valence-corrected chi connectivity index (χ4v) is 2.51. The van der Waals surface area contributed by atoms with Gasteiger partial charge in [0.1, 0.15) is 11.8 Å². The predicted octanol–water partition coefficient (Wildman–Crippen LogP) is 3.09. The molecule has 1 fully saturated rings. The summed E-state index contributed by atoms with van der Waals surface area (Å²) in [4.78, 5) is 0. The third-order valence-corrected chi connectivity index (χ3v) is 4.31. The van der Waals surface area contributed by atoms with Crippen molar-refractivity contribution < 1.29 is 4.74 Å². The Kier molecular flexibility index (Phi) is 4.11. The second-order valence-corrected chi connectivity index (χ2v) is 5.77. The van der Waals surface area contributed by atoms with Crippen molar-refractivity contribution in [2.24, 2.45) is 11.3 Å². The molecule has 0 saturated heterocycles. The lowest BCUT2D eigenvalue weighted by molar-refractivity contribution is 0.337. The highest BCUT2D eigenvalue weighted by atomic mass is 16.5. The van der Waals surface area contributed by atoms with E-state index in [0.717, 1.165) is 24.6 Å². The van der Waals surface area contributed by atoms with Crippen LogP contribution in [0.2, 0.25) is 0 Å². The van der Waals surface area contributed by atoms with Crippen LogP contribution < -0.4 is 10.1 Å². The normalized spacial score (nSPS) is 16.2. The Morgan fingerprint density at radius 2 is 2.16 bits per heavy atom. The molecule has 1 aliphatic carbocycles. The molecule has 0 amide bonds. The van der Waals surface area contributed by atoms with Crippen LogP contribution in [0.4, 0.5) is 0 Å². The zero-order valence-electron chi connectivity index (χ0n) is 12.0. The summed E-state index contributed by atoms with van der Waals surface area (Å²) in [5.41, 5.74) is 2.28. The first-order chi connectivity index (χ1) is 9.11. The minimum atomic E-state index is 0.524. The van der Waals surface area contributed by atoms with E-state index >= 15 is 0 Å². The van der Waals surface area contributed by atoms with E-state index in [0.29, 0.717) is 16.7 Å². The topological polar surface area (TPSA) is 45.0 Å². The highest BCUT2D eigenvalue weighted by Crippen LogP contribution is 2.51. The fraction of sp³-hybridized carbons (Fsp3) is 0.562. The van der Waals surface area contributed by atoms with Gasteiger partial charge in [0, 0.05) is 13.1 Å². The molecule has 0 aromatic heterocycles. The summed E-state index contributed by atoms with van der Waals surface area (Å²) in [6.07, 6.45) is 2.68. The van der Waals surface area contributed by atoms with Gasteiger partial charge in [-0.2, -0.15) is 5.26 Å². The van der Waals surface area contributed by atoms with Crippen LogP contribution in [0.5, 0.6) is 5.75 Å². The van der Waals surface area contributed by atoms with Crippen molar-refractivity contribution in [3.05, 3.63) is 29.3 Å². The lowest BCUT2D eigenvalue weighted by atomic mass is 9.92. The van der Waals surface area contributed by atoms with E-state index in [1.54, 1.807) is 7.11 Å². The quantitative estimate of drug-likeness (QED) is 0.852. The van der Waals surface area contributed by atoms with E-state index in [4.69, 9.17) is 10.00 Å². The zero-order valence-corrected chi connectivity index (χ0v) is 12.0. The molecule has 0 unspecified atom stereocenters. The van der Waals surface area contributed by atoms with Crippen molar-refractivity contribution in [1.29, 1.82) is 5.26 Å². The number of hydrogen-bond acceptors (Lipinski definition) is 3. The number of ether oxygens (including phenoxy) is 1. The highest BCUT2D eigenvalue weighted by molar-refractivity contribution is 5.45. The fourth-order valence-electron chi connectivity index (χ4n) is 2.51. The van der Waals surface area contributed by atoms with Gasteiger partial charge in [-0.3, -0.25) is 0 Å². The Hall–Kier alpha value is -1.53. The summed E-state index contributed by atoms with van der Waals surface area (Å²) >= 11 is 0. The third-order valence-electron chi connectivity index (χ3n) is 4.31. The van der Waals surface area contributed by atoms with Crippen molar-refractivity contribution in [2.75, 3.05) is 13.7 Å². The molecule has 3 heteroatoms. The van der Waals surface area contributed by atoms with Crippen molar-refractivity contribution in [3.63, 3.8) is 0 Å². The van der Waals surface area contributed by atoms with Gasteiger partial charge < -0.3 is 10.1 Å². The van der Waals surface area contributed by atoms with Gasteiger partial charge in [0.05, 0.1) is 12.7 Å². The van der Waals surface area contributed by atoms with Gasteiger partial charge in [0.25, 0.3) is 0 Å². The number of nitrogens with zero attached hydrogens (tertiary/aromatic N) is 1. The summed E-state index contributed by atoms with van der Waals surface area (Å²) in [7, 11) is 1.60. The number of rotatable bonds is 6. The first-order valence-electron chi connectivity index (χ1n) is 6.89. The zero-order chi connectivity index (χ0) is 13.9. The molecule has 0 radical (unpaired) electrons. The summed E-state index contributed by atoms with van der Waals surface area (Å²) in [5.74, 6) is 1.40. The van der Waals surface area contributed by atoms with Crippen LogP contribution in [0, 0.1) is 22.7 Å². The summed E-state index contributed by atoms with van der Waals surface area (Å²) in [5, 5.41) is 12.5. The molecular formula is C16H22N2O. The molecule has 0 atom stereocenters. The van der Waals surface area contributed by atoms with E-state index in [2.05, 4.69) is 25.2 Å². The molecule has 1 N–H and O–H groups in total. The summed E-state index contributed by atoms with van der Waals surface area (Å²) < 4.78 is 5.22. The smallest absolute Gasteiger partial charge is 0.136 e. The largest absolute Gasteiger partial charge is 0.495 e. The number of nitrogens with one attached hydrogen (secondary N) is 1. The van der Waals surface area contributed by atoms with Gasteiger partial charge in [-0.15, -0.1) is 0 Å². The molecule has 3 nitrogen and oxygen atoms in total. The Bertz CT molecular complexity index is 484. The van der Waals surface area contributed by atoms with E-state index in [-0.39, 0.29) is 0 Å². The Morgan fingerprint density at radius 1 is 1.42 bits per heavy atom. The summed E-state index contributed by atoms with van der Waals surface area (Å²) in [6.45, 7) is 6.52.